The van der Waals surface area contributed by atoms with Crippen molar-refractivity contribution in [3.05, 3.63) is 29.8 Å². The van der Waals surface area contributed by atoms with E-state index in [9.17, 15) is 0 Å². The number of benzene rings is 1. The van der Waals surface area contributed by atoms with E-state index in [1.807, 2.05) is 0 Å². The Labute approximate surface area is 122 Å². The maximum absolute atomic E-state index is 6.36. The smallest absolute Gasteiger partial charge is 0.123 e. The molecular weight excluding hydrogens is 248 g/mol. The Morgan fingerprint density at radius 2 is 1.95 bits per heavy atom. The Morgan fingerprint density at radius 1 is 1.20 bits per heavy atom. The minimum atomic E-state index is 0.121. The summed E-state index contributed by atoms with van der Waals surface area (Å²) in [6.07, 6.45) is 6.13. The van der Waals surface area contributed by atoms with Crippen LogP contribution < -0.4 is 4.74 Å². The van der Waals surface area contributed by atoms with Gasteiger partial charge >= 0.3 is 0 Å². The van der Waals surface area contributed by atoms with Gasteiger partial charge in [0.15, 0.2) is 0 Å². The molecule has 0 N–H and O–H groups in total. The van der Waals surface area contributed by atoms with Gasteiger partial charge in [-0.1, -0.05) is 39.0 Å². The third kappa shape index (κ3) is 2.71. The molecule has 20 heavy (non-hydrogen) atoms. The zero-order valence-electron chi connectivity index (χ0n) is 12.9. The Morgan fingerprint density at radius 3 is 2.60 bits per heavy atom. The van der Waals surface area contributed by atoms with E-state index in [1.54, 1.807) is 0 Å². The van der Waals surface area contributed by atoms with Gasteiger partial charge in [0.05, 0.1) is 12.2 Å². The Balaban J connectivity index is 1.74. The minimum absolute atomic E-state index is 0.121. The molecule has 1 spiro atoms. The summed E-state index contributed by atoms with van der Waals surface area (Å²) >= 11 is 0. The van der Waals surface area contributed by atoms with Gasteiger partial charge in [0.25, 0.3) is 0 Å². The normalized spacial score (nSPS) is 25.2. The van der Waals surface area contributed by atoms with Crippen LogP contribution in [0.5, 0.6) is 5.75 Å². The lowest BCUT2D eigenvalue weighted by atomic mass is 9.74. The molecule has 0 amide bonds. The van der Waals surface area contributed by atoms with Crippen molar-refractivity contribution in [2.24, 2.45) is 0 Å². The molecule has 0 aromatic heterocycles. The molecule has 2 fully saturated rings. The maximum Gasteiger partial charge on any atom is 0.123 e. The van der Waals surface area contributed by atoms with Crippen LogP contribution in [0.4, 0.5) is 0 Å². The molecule has 1 heterocycles. The third-order valence-corrected chi connectivity index (χ3v) is 4.70. The first-order valence-corrected chi connectivity index (χ1v) is 7.89. The predicted molar refractivity (Wildman–Crippen MR) is 81.3 cm³/mol. The molecule has 1 atom stereocenters. The monoisotopic (exact) mass is 274 g/mol. The van der Waals surface area contributed by atoms with Crippen LogP contribution in [0, 0.1) is 0 Å². The fourth-order valence-corrected chi connectivity index (χ4v) is 3.37. The van der Waals surface area contributed by atoms with E-state index >= 15 is 0 Å². The molecule has 1 aliphatic heterocycles. The lowest BCUT2D eigenvalue weighted by Crippen LogP contribution is -2.48. The highest BCUT2D eigenvalue weighted by Gasteiger charge is 2.43. The zero-order valence-corrected chi connectivity index (χ0v) is 12.9. The quantitative estimate of drug-likeness (QED) is 0.792. The number of rotatable bonds is 2. The summed E-state index contributed by atoms with van der Waals surface area (Å²) in [5, 5.41) is 0. The standard InChI is InChI=1S/C18H26O2/c1-17(2,3)15-7-4-5-8-16(15)20-14-9-12-19-18(13-14)10-6-11-18/h4-5,7-8,14H,6,9-13H2,1-3H3. The molecule has 2 aliphatic rings. The average Bonchev–Trinajstić information content (AvgIpc) is 2.37. The lowest BCUT2D eigenvalue weighted by molar-refractivity contribution is -0.153. The van der Waals surface area contributed by atoms with E-state index in [4.69, 9.17) is 9.47 Å². The van der Waals surface area contributed by atoms with Gasteiger partial charge in [-0.2, -0.15) is 0 Å². The van der Waals surface area contributed by atoms with Gasteiger partial charge in [-0.15, -0.1) is 0 Å². The van der Waals surface area contributed by atoms with Crippen molar-refractivity contribution in [3.8, 4) is 5.75 Å². The second kappa shape index (κ2) is 5.07. The van der Waals surface area contributed by atoms with Crippen LogP contribution in [0.1, 0.15) is 58.4 Å². The summed E-state index contributed by atoms with van der Waals surface area (Å²) < 4.78 is 12.4. The van der Waals surface area contributed by atoms with Crippen molar-refractivity contribution >= 4 is 0 Å². The zero-order chi connectivity index (χ0) is 14.2. The van der Waals surface area contributed by atoms with Crippen LogP contribution >= 0.6 is 0 Å². The van der Waals surface area contributed by atoms with Crippen molar-refractivity contribution in [1.82, 2.24) is 0 Å². The molecule has 1 aromatic rings. The first-order chi connectivity index (χ1) is 9.49. The fraction of sp³-hybridized carbons (Fsp3) is 0.667. The van der Waals surface area contributed by atoms with Crippen molar-refractivity contribution in [2.75, 3.05) is 6.61 Å². The largest absolute Gasteiger partial charge is 0.490 e. The molecule has 3 rings (SSSR count). The maximum atomic E-state index is 6.36. The Hall–Kier alpha value is -1.02. The summed E-state index contributed by atoms with van der Waals surface area (Å²) in [6, 6.07) is 8.48. The summed E-state index contributed by atoms with van der Waals surface area (Å²) in [5.74, 6) is 1.06. The van der Waals surface area contributed by atoms with Gasteiger partial charge < -0.3 is 9.47 Å². The van der Waals surface area contributed by atoms with E-state index < -0.39 is 0 Å². The molecule has 1 saturated heterocycles. The molecule has 2 heteroatoms. The van der Waals surface area contributed by atoms with E-state index in [-0.39, 0.29) is 11.0 Å². The molecule has 1 saturated carbocycles. The number of hydrogen-bond acceptors (Lipinski definition) is 2. The topological polar surface area (TPSA) is 18.5 Å². The Bertz CT molecular complexity index is 469. The van der Waals surface area contributed by atoms with Crippen molar-refractivity contribution in [1.29, 1.82) is 0 Å². The molecule has 0 radical (unpaired) electrons. The third-order valence-electron chi connectivity index (χ3n) is 4.70. The predicted octanol–water partition coefficient (Wildman–Crippen LogP) is 4.46. The first-order valence-electron chi connectivity index (χ1n) is 7.89. The number of ether oxygens (including phenoxy) is 2. The highest BCUT2D eigenvalue weighted by molar-refractivity contribution is 5.38. The van der Waals surface area contributed by atoms with Crippen LogP contribution in [0.25, 0.3) is 0 Å². The van der Waals surface area contributed by atoms with E-state index in [1.165, 1.54) is 24.8 Å². The van der Waals surface area contributed by atoms with Crippen LogP contribution in [0.15, 0.2) is 24.3 Å². The van der Waals surface area contributed by atoms with Crippen molar-refractivity contribution in [3.63, 3.8) is 0 Å². The van der Waals surface area contributed by atoms with Gasteiger partial charge in [-0.05, 0) is 36.3 Å². The first kappa shape index (κ1) is 13.9. The van der Waals surface area contributed by atoms with Crippen molar-refractivity contribution < 1.29 is 9.47 Å². The highest BCUT2D eigenvalue weighted by atomic mass is 16.5. The average molecular weight is 274 g/mol. The van der Waals surface area contributed by atoms with Gasteiger partial charge in [0.1, 0.15) is 11.9 Å². The second-order valence-electron chi connectivity index (χ2n) is 7.36. The summed E-state index contributed by atoms with van der Waals surface area (Å²) in [6.45, 7) is 7.58. The molecule has 110 valence electrons. The Kier molecular flexibility index (Phi) is 3.53. The van der Waals surface area contributed by atoms with Crippen LogP contribution in [-0.2, 0) is 10.2 Å². The highest BCUT2D eigenvalue weighted by Crippen LogP contribution is 2.43. The van der Waals surface area contributed by atoms with Crippen molar-refractivity contribution in [2.45, 2.75) is 70.0 Å². The van der Waals surface area contributed by atoms with Crippen LogP contribution in [0.2, 0.25) is 0 Å². The molecule has 1 unspecified atom stereocenters. The van der Waals surface area contributed by atoms with Gasteiger partial charge in [-0.25, -0.2) is 0 Å². The van der Waals surface area contributed by atoms with Crippen LogP contribution in [0.3, 0.4) is 0 Å². The lowest BCUT2D eigenvalue weighted by Gasteiger charge is -2.47. The molecule has 1 aliphatic carbocycles. The van der Waals surface area contributed by atoms with E-state index in [0.29, 0.717) is 6.10 Å². The second-order valence-corrected chi connectivity index (χ2v) is 7.36. The molecular formula is C18H26O2. The van der Waals surface area contributed by atoms with E-state index in [2.05, 4.69) is 45.0 Å². The fourth-order valence-electron chi connectivity index (χ4n) is 3.37. The minimum Gasteiger partial charge on any atom is -0.490 e. The van der Waals surface area contributed by atoms with Gasteiger partial charge in [0.2, 0.25) is 0 Å². The molecule has 2 nitrogen and oxygen atoms in total. The SMILES string of the molecule is CC(C)(C)c1ccccc1OC1CCOC2(CCC2)C1. The van der Waals surface area contributed by atoms with Crippen LogP contribution in [-0.4, -0.2) is 18.3 Å². The number of hydrogen-bond donors (Lipinski definition) is 0. The summed E-state index contributed by atoms with van der Waals surface area (Å²) in [5.41, 5.74) is 1.57. The molecule has 0 bridgehead atoms. The van der Waals surface area contributed by atoms with E-state index in [0.717, 1.165) is 25.2 Å². The summed E-state index contributed by atoms with van der Waals surface area (Å²) in [7, 11) is 0. The number of para-hydroxylation sites is 1. The van der Waals surface area contributed by atoms with Gasteiger partial charge in [0, 0.05) is 12.8 Å². The molecule has 1 aromatic carbocycles. The summed E-state index contributed by atoms with van der Waals surface area (Å²) in [4.78, 5) is 0. The van der Waals surface area contributed by atoms with Gasteiger partial charge in [-0.3, -0.25) is 0 Å².